The Labute approximate surface area is 139 Å². The van der Waals surface area contributed by atoms with Crippen LogP contribution in [0.5, 0.6) is 0 Å². The lowest BCUT2D eigenvalue weighted by Crippen LogP contribution is -2.43. The predicted octanol–water partition coefficient (Wildman–Crippen LogP) is 0.534. The SMILES string of the molecule is O=C(CCn1nnc2ccccc2c1=O)N1C2CCNCC1CC2. The average Bonchev–Trinajstić information content (AvgIpc) is 2.87. The van der Waals surface area contributed by atoms with Crippen molar-refractivity contribution < 1.29 is 4.79 Å². The number of aromatic nitrogens is 3. The van der Waals surface area contributed by atoms with E-state index < -0.39 is 0 Å². The fourth-order valence-corrected chi connectivity index (χ4v) is 3.89. The molecule has 2 bridgehead atoms. The molecule has 2 aliphatic heterocycles. The molecule has 2 fully saturated rings. The predicted molar refractivity (Wildman–Crippen MR) is 89.6 cm³/mol. The number of hydrogen-bond acceptors (Lipinski definition) is 5. The molecule has 3 heterocycles. The van der Waals surface area contributed by atoms with Crippen molar-refractivity contribution in [2.45, 2.75) is 44.3 Å². The van der Waals surface area contributed by atoms with Gasteiger partial charge in [-0.25, -0.2) is 4.68 Å². The van der Waals surface area contributed by atoms with Crippen LogP contribution in [-0.4, -0.2) is 51.0 Å². The zero-order chi connectivity index (χ0) is 16.5. The van der Waals surface area contributed by atoms with Gasteiger partial charge in [0.1, 0.15) is 5.52 Å². The number of nitrogens with one attached hydrogen (secondary N) is 1. The summed E-state index contributed by atoms with van der Waals surface area (Å²) < 4.78 is 1.30. The van der Waals surface area contributed by atoms with E-state index in [9.17, 15) is 9.59 Å². The Kier molecular flexibility index (Phi) is 4.02. The lowest BCUT2D eigenvalue weighted by molar-refractivity contribution is -0.134. The molecule has 24 heavy (non-hydrogen) atoms. The average molecular weight is 327 g/mol. The summed E-state index contributed by atoms with van der Waals surface area (Å²) in [6.45, 7) is 2.12. The highest BCUT2D eigenvalue weighted by Crippen LogP contribution is 2.28. The summed E-state index contributed by atoms with van der Waals surface area (Å²) in [6, 6.07) is 7.78. The van der Waals surface area contributed by atoms with Gasteiger partial charge in [-0.1, -0.05) is 17.3 Å². The molecule has 2 atom stereocenters. The van der Waals surface area contributed by atoms with E-state index in [0.29, 0.717) is 29.4 Å². The van der Waals surface area contributed by atoms with Gasteiger partial charge in [-0.3, -0.25) is 9.59 Å². The molecule has 2 aromatic rings. The topological polar surface area (TPSA) is 80.1 Å². The van der Waals surface area contributed by atoms with Crippen LogP contribution >= 0.6 is 0 Å². The fourth-order valence-electron chi connectivity index (χ4n) is 3.89. The van der Waals surface area contributed by atoms with Crippen LogP contribution in [0.1, 0.15) is 25.7 Å². The molecule has 7 heteroatoms. The lowest BCUT2D eigenvalue weighted by Gasteiger charge is -2.28. The second kappa shape index (κ2) is 6.32. The molecule has 0 radical (unpaired) electrons. The number of carbonyl (C=O) groups excluding carboxylic acids is 1. The highest BCUT2D eigenvalue weighted by Gasteiger charge is 2.37. The van der Waals surface area contributed by atoms with Crippen LogP contribution in [0.25, 0.3) is 10.9 Å². The lowest BCUT2D eigenvalue weighted by atomic mass is 10.1. The molecule has 4 rings (SSSR count). The summed E-state index contributed by atoms with van der Waals surface area (Å²) >= 11 is 0. The van der Waals surface area contributed by atoms with Crippen molar-refractivity contribution in [3.63, 3.8) is 0 Å². The smallest absolute Gasteiger partial charge is 0.277 e. The number of amides is 1. The highest BCUT2D eigenvalue weighted by molar-refractivity contribution is 5.78. The van der Waals surface area contributed by atoms with Crippen molar-refractivity contribution in [3.8, 4) is 0 Å². The van der Waals surface area contributed by atoms with E-state index in [0.717, 1.165) is 32.4 Å². The minimum atomic E-state index is -0.186. The van der Waals surface area contributed by atoms with Crippen LogP contribution in [0.15, 0.2) is 29.1 Å². The zero-order valence-electron chi connectivity index (χ0n) is 13.5. The third kappa shape index (κ3) is 2.69. The molecule has 0 saturated carbocycles. The first-order chi connectivity index (χ1) is 11.7. The summed E-state index contributed by atoms with van der Waals surface area (Å²) in [7, 11) is 0. The van der Waals surface area contributed by atoms with Crippen molar-refractivity contribution in [2.75, 3.05) is 13.1 Å². The number of carbonyl (C=O) groups is 1. The molecule has 0 aliphatic carbocycles. The van der Waals surface area contributed by atoms with E-state index in [-0.39, 0.29) is 18.0 Å². The van der Waals surface area contributed by atoms with Crippen LogP contribution in [-0.2, 0) is 11.3 Å². The molecular weight excluding hydrogens is 306 g/mol. The van der Waals surface area contributed by atoms with Crippen LogP contribution in [0.3, 0.4) is 0 Å². The molecule has 126 valence electrons. The molecule has 2 saturated heterocycles. The van der Waals surface area contributed by atoms with Gasteiger partial charge in [0.2, 0.25) is 5.91 Å². The van der Waals surface area contributed by atoms with Crippen LogP contribution in [0.2, 0.25) is 0 Å². The van der Waals surface area contributed by atoms with Gasteiger partial charge >= 0.3 is 0 Å². The van der Waals surface area contributed by atoms with Gasteiger partial charge in [-0.15, -0.1) is 5.10 Å². The Morgan fingerprint density at radius 1 is 1.21 bits per heavy atom. The molecule has 1 amide bonds. The Bertz CT molecular complexity index is 804. The molecule has 1 aromatic heterocycles. The number of fused-ring (bicyclic) bond motifs is 3. The van der Waals surface area contributed by atoms with Gasteiger partial charge < -0.3 is 10.2 Å². The van der Waals surface area contributed by atoms with Crippen molar-refractivity contribution in [3.05, 3.63) is 34.6 Å². The first-order valence-corrected chi connectivity index (χ1v) is 8.58. The maximum absolute atomic E-state index is 12.7. The number of nitrogens with zero attached hydrogens (tertiary/aromatic N) is 4. The number of aryl methyl sites for hydroxylation is 1. The Hall–Kier alpha value is -2.28. The molecule has 0 spiro atoms. The number of rotatable bonds is 3. The van der Waals surface area contributed by atoms with Gasteiger partial charge in [-0.2, -0.15) is 0 Å². The first kappa shape index (κ1) is 15.3. The van der Waals surface area contributed by atoms with Gasteiger partial charge in [-0.05, 0) is 37.9 Å². The summed E-state index contributed by atoms with van der Waals surface area (Å²) in [5, 5.41) is 12.0. The third-order valence-electron chi connectivity index (χ3n) is 5.11. The standard InChI is InChI=1S/C17H21N5O2/c23-16(22-12-5-6-13(22)11-18-9-7-12)8-10-21-17(24)14-3-1-2-4-15(14)19-20-21/h1-4,12-13,18H,5-11H2. The van der Waals surface area contributed by atoms with Gasteiger partial charge in [0.15, 0.2) is 0 Å². The molecule has 1 aromatic carbocycles. The Morgan fingerprint density at radius 3 is 2.96 bits per heavy atom. The van der Waals surface area contributed by atoms with E-state index in [1.165, 1.54) is 4.68 Å². The largest absolute Gasteiger partial charge is 0.335 e. The van der Waals surface area contributed by atoms with E-state index in [4.69, 9.17) is 0 Å². The number of benzene rings is 1. The van der Waals surface area contributed by atoms with Crippen LogP contribution in [0.4, 0.5) is 0 Å². The minimum Gasteiger partial charge on any atom is -0.335 e. The molecular formula is C17H21N5O2. The van der Waals surface area contributed by atoms with Crippen LogP contribution < -0.4 is 10.9 Å². The maximum atomic E-state index is 12.7. The third-order valence-corrected chi connectivity index (χ3v) is 5.11. The fraction of sp³-hybridized carbons (Fsp3) is 0.529. The minimum absolute atomic E-state index is 0.119. The monoisotopic (exact) mass is 327 g/mol. The second-order valence-corrected chi connectivity index (χ2v) is 6.56. The van der Waals surface area contributed by atoms with Crippen molar-refractivity contribution >= 4 is 16.8 Å². The second-order valence-electron chi connectivity index (χ2n) is 6.56. The molecule has 2 aliphatic rings. The summed E-state index contributed by atoms with van der Waals surface area (Å²) in [6.07, 6.45) is 3.46. The molecule has 7 nitrogen and oxygen atoms in total. The summed E-state index contributed by atoms with van der Waals surface area (Å²) in [5.74, 6) is 0.119. The van der Waals surface area contributed by atoms with E-state index >= 15 is 0 Å². The van der Waals surface area contributed by atoms with E-state index in [1.807, 2.05) is 17.0 Å². The van der Waals surface area contributed by atoms with Crippen molar-refractivity contribution in [1.82, 2.24) is 25.2 Å². The summed E-state index contributed by atoms with van der Waals surface area (Å²) in [5.41, 5.74) is 0.399. The van der Waals surface area contributed by atoms with Crippen molar-refractivity contribution in [1.29, 1.82) is 0 Å². The van der Waals surface area contributed by atoms with Crippen LogP contribution in [0, 0.1) is 0 Å². The van der Waals surface area contributed by atoms with Gasteiger partial charge in [0.05, 0.1) is 11.9 Å². The number of hydrogen-bond donors (Lipinski definition) is 1. The van der Waals surface area contributed by atoms with Crippen molar-refractivity contribution in [2.24, 2.45) is 0 Å². The van der Waals surface area contributed by atoms with Gasteiger partial charge in [0.25, 0.3) is 5.56 Å². The first-order valence-electron chi connectivity index (χ1n) is 8.58. The van der Waals surface area contributed by atoms with Gasteiger partial charge in [0, 0.05) is 25.0 Å². The zero-order valence-corrected chi connectivity index (χ0v) is 13.5. The maximum Gasteiger partial charge on any atom is 0.277 e. The Balaban J connectivity index is 1.50. The molecule has 2 unspecified atom stereocenters. The normalized spacial score (nSPS) is 23.4. The Morgan fingerprint density at radius 2 is 2.04 bits per heavy atom. The highest BCUT2D eigenvalue weighted by atomic mass is 16.2. The van der Waals surface area contributed by atoms with E-state index in [1.54, 1.807) is 12.1 Å². The van der Waals surface area contributed by atoms with E-state index in [2.05, 4.69) is 15.6 Å². The quantitative estimate of drug-likeness (QED) is 0.890. The summed E-state index contributed by atoms with van der Waals surface area (Å²) in [4.78, 5) is 27.2. The molecule has 1 N–H and O–H groups in total.